The lowest BCUT2D eigenvalue weighted by molar-refractivity contribution is 0.0974. The molecule has 0 unspecified atom stereocenters. The molecule has 0 amide bonds. The molecule has 6 nitrogen and oxygen atoms in total. The van der Waals surface area contributed by atoms with Gasteiger partial charge in [0.15, 0.2) is 5.78 Å². The lowest BCUT2D eigenvalue weighted by atomic mass is 10.1. The molecule has 1 aliphatic rings. The molecule has 0 bridgehead atoms. The summed E-state index contributed by atoms with van der Waals surface area (Å²) in [5, 5.41) is 0. The fraction of sp³-hybridized carbons (Fsp3) is 0.412. The van der Waals surface area contributed by atoms with E-state index < -0.39 is 0 Å². The van der Waals surface area contributed by atoms with Gasteiger partial charge in [-0.05, 0) is 31.2 Å². The molecule has 0 atom stereocenters. The van der Waals surface area contributed by atoms with E-state index in [9.17, 15) is 4.79 Å². The van der Waals surface area contributed by atoms with Crippen molar-refractivity contribution in [2.45, 2.75) is 12.8 Å². The average Bonchev–Trinajstić information content (AvgIpc) is 2.64. The Labute approximate surface area is 136 Å². The first kappa shape index (κ1) is 15.6. The Morgan fingerprint density at radius 1 is 1.00 bits per heavy atom. The molecule has 1 saturated heterocycles. The van der Waals surface area contributed by atoms with E-state index in [0.717, 1.165) is 50.7 Å². The van der Waals surface area contributed by atoms with Crippen molar-refractivity contribution in [1.29, 1.82) is 0 Å². The maximum absolute atomic E-state index is 12.1. The summed E-state index contributed by atoms with van der Waals surface area (Å²) in [6, 6.07) is 5.39. The predicted molar refractivity (Wildman–Crippen MR) is 88.5 cm³/mol. The number of hydrogen-bond acceptors (Lipinski definition) is 6. The largest absolute Gasteiger partial charge is 0.338 e. The summed E-state index contributed by atoms with van der Waals surface area (Å²) >= 11 is 0. The summed E-state index contributed by atoms with van der Waals surface area (Å²) in [6.07, 6.45) is 8.37. The van der Waals surface area contributed by atoms with Crippen LogP contribution < -0.4 is 4.90 Å². The fourth-order valence-corrected chi connectivity index (χ4v) is 2.77. The quantitative estimate of drug-likeness (QED) is 0.756. The molecule has 0 aliphatic carbocycles. The number of hydrogen-bond donors (Lipinski definition) is 0. The highest BCUT2D eigenvalue weighted by molar-refractivity contribution is 5.95. The van der Waals surface area contributed by atoms with Gasteiger partial charge >= 0.3 is 0 Å². The number of anilines is 1. The van der Waals surface area contributed by atoms with Crippen molar-refractivity contribution in [1.82, 2.24) is 19.9 Å². The topological polar surface area (TPSA) is 62.2 Å². The highest BCUT2D eigenvalue weighted by Gasteiger charge is 2.18. The van der Waals surface area contributed by atoms with Crippen molar-refractivity contribution in [3.8, 4) is 0 Å². The first-order chi connectivity index (χ1) is 11.3. The molecule has 0 aromatic carbocycles. The Bertz CT molecular complexity index is 611. The smallest absolute Gasteiger partial charge is 0.225 e. The summed E-state index contributed by atoms with van der Waals surface area (Å²) < 4.78 is 0. The molecule has 0 radical (unpaired) electrons. The molecule has 3 heterocycles. The van der Waals surface area contributed by atoms with Crippen molar-refractivity contribution >= 4 is 11.7 Å². The third-order valence-electron chi connectivity index (χ3n) is 4.09. The highest BCUT2D eigenvalue weighted by atomic mass is 16.1. The maximum atomic E-state index is 12.1. The number of rotatable bonds is 6. The van der Waals surface area contributed by atoms with Gasteiger partial charge in [0.05, 0.1) is 0 Å². The van der Waals surface area contributed by atoms with Crippen LogP contribution in [-0.4, -0.2) is 58.4 Å². The van der Waals surface area contributed by atoms with E-state index in [4.69, 9.17) is 0 Å². The third-order valence-corrected chi connectivity index (χ3v) is 4.09. The van der Waals surface area contributed by atoms with Gasteiger partial charge in [0.1, 0.15) is 0 Å². The van der Waals surface area contributed by atoms with Gasteiger partial charge < -0.3 is 4.90 Å². The lowest BCUT2D eigenvalue weighted by Crippen LogP contribution is -2.47. The third kappa shape index (κ3) is 4.32. The molecular formula is C17H21N5O. The van der Waals surface area contributed by atoms with Crippen LogP contribution in [0.3, 0.4) is 0 Å². The van der Waals surface area contributed by atoms with Crippen LogP contribution in [0.5, 0.6) is 0 Å². The van der Waals surface area contributed by atoms with Crippen molar-refractivity contribution in [3.05, 3.63) is 48.5 Å². The molecule has 23 heavy (non-hydrogen) atoms. The van der Waals surface area contributed by atoms with E-state index in [0.29, 0.717) is 6.42 Å². The molecule has 1 fully saturated rings. The van der Waals surface area contributed by atoms with Crippen LogP contribution in [0.4, 0.5) is 5.95 Å². The van der Waals surface area contributed by atoms with Crippen LogP contribution >= 0.6 is 0 Å². The minimum Gasteiger partial charge on any atom is -0.338 e. The van der Waals surface area contributed by atoms with Crippen molar-refractivity contribution in [3.63, 3.8) is 0 Å². The lowest BCUT2D eigenvalue weighted by Gasteiger charge is -2.34. The number of carbonyl (C=O) groups is 1. The number of piperazine rings is 1. The number of Topliss-reactive ketones (excluding diaryl/α,β-unsaturated/α-hetero) is 1. The van der Waals surface area contributed by atoms with Crippen molar-refractivity contribution in [2.24, 2.45) is 0 Å². The van der Waals surface area contributed by atoms with E-state index in [1.807, 2.05) is 6.07 Å². The Balaban J connectivity index is 1.39. The Morgan fingerprint density at radius 2 is 1.70 bits per heavy atom. The van der Waals surface area contributed by atoms with Gasteiger partial charge in [0.25, 0.3) is 0 Å². The molecular weight excluding hydrogens is 290 g/mol. The number of ketones is 1. The average molecular weight is 311 g/mol. The zero-order valence-corrected chi connectivity index (χ0v) is 13.1. The van der Waals surface area contributed by atoms with Crippen LogP contribution in [-0.2, 0) is 0 Å². The van der Waals surface area contributed by atoms with E-state index >= 15 is 0 Å². The second-order valence-electron chi connectivity index (χ2n) is 5.64. The summed E-state index contributed by atoms with van der Waals surface area (Å²) in [5.74, 6) is 1.00. The van der Waals surface area contributed by atoms with Crippen LogP contribution in [0.1, 0.15) is 23.2 Å². The van der Waals surface area contributed by atoms with Gasteiger partial charge in [0.2, 0.25) is 5.95 Å². The minimum absolute atomic E-state index is 0.198. The van der Waals surface area contributed by atoms with Crippen LogP contribution in [0.25, 0.3) is 0 Å². The Kier molecular flexibility index (Phi) is 5.26. The molecule has 6 heteroatoms. The number of carbonyl (C=O) groups excluding carboxylic acids is 1. The Hall–Kier alpha value is -2.34. The van der Waals surface area contributed by atoms with E-state index in [2.05, 4.69) is 24.8 Å². The fourth-order valence-electron chi connectivity index (χ4n) is 2.77. The second-order valence-corrected chi connectivity index (χ2v) is 5.64. The van der Waals surface area contributed by atoms with Crippen LogP contribution in [0, 0.1) is 0 Å². The number of nitrogens with zero attached hydrogens (tertiary/aromatic N) is 5. The van der Waals surface area contributed by atoms with Crippen LogP contribution in [0.2, 0.25) is 0 Å². The normalized spacial score (nSPS) is 15.6. The van der Waals surface area contributed by atoms with E-state index in [1.165, 1.54) is 0 Å². The van der Waals surface area contributed by atoms with Crippen molar-refractivity contribution in [2.75, 3.05) is 37.6 Å². The maximum Gasteiger partial charge on any atom is 0.225 e. The molecule has 1 aliphatic heterocycles. The van der Waals surface area contributed by atoms with Crippen LogP contribution in [0.15, 0.2) is 43.0 Å². The van der Waals surface area contributed by atoms with Gasteiger partial charge in [-0.2, -0.15) is 0 Å². The SMILES string of the molecule is O=C(CCCN1CCN(c2ncccn2)CC1)c1ccncc1. The molecule has 0 saturated carbocycles. The first-order valence-corrected chi connectivity index (χ1v) is 8.00. The van der Waals surface area contributed by atoms with Gasteiger partial charge in [-0.1, -0.05) is 0 Å². The van der Waals surface area contributed by atoms with Crippen molar-refractivity contribution < 1.29 is 4.79 Å². The van der Waals surface area contributed by atoms with Gasteiger partial charge in [-0.25, -0.2) is 9.97 Å². The summed E-state index contributed by atoms with van der Waals surface area (Å²) in [7, 11) is 0. The van der Waals surface area contributed by atoms with Gasteiger partial charge in [-0.3, -0.25) is 14.7 Å². The molecule has 2 aromatic heterocycles. The summed E-state index contributed by atoms with van der Waals surface area (Å²) in [4.78, 5) is 29.2. The highest BCUT2D eigenvalue weighted by Crippen LogP contribution is 2.11. The zero-order chi connectivity index (χ0) is 15.9. The number of pyridine rings is 1. The van der Waals surface area contributed by atoms with Gasteiger partial charge in [-0.15, -0.1) is 0 Å². The zero-order valence-electron chi connectivity index (χ0n) is 13.1. The first-order valence-electron chi connectivity index (χ1n) is 8.00. The number of aromatic nitrogens is 3. The molecule has 0 spiro atoms. The monoisotopic (exact) mass is 311 g/mol. The Morgan fingerprint density at radius 3 is 2.39 bits per heavy atom. The second kappa shape index (κ2) is 7.78. The minimum atomic E-state index is 0.198. The molecule has 120 valence electrons. The molecule has 0 N–H and O–H groups in total. The van der Waals surface area contributed by atoms with E-state index in [1.54, 1.807) is 36.9 Å². The van der Waals surface area contributed by atoms with E-state index in [-0.39, 0.29) is 5.78 Å². The standard InChI is InChI=1S/C17H21N5O/c23-16(15-4-8-18-9-5-15)3-1-10-21-11-13-22(14-12-21)17-19-6-2-7-20-17/h2,4-9H,1,3,10-14H2. The summed E-state index contributed by atoms with van der Waals surface area (Å²) in [5.41, 5.74) is 0.756. The van der Waals surface area contributed by atoms with Gasteiger partial charge in [0, 0.05) is 63.0 Å². The predicted octanol–water partition coefficient (Wildman–Crippen LogP) is 1.66. The summed E-state index contributed by atoms with van der Waals surface area (Å²) in [6.45, 7) is 4.80. The molecule has 3 rings (SSSR count). The molecule has 2 aromatic rings.